The normalized spacial score (nSPS) is 10.6. The molecule has 144 valence electrons. The van der Waals surface area contributed by atoms with Crippen LogP contribution in [0.15, 0.2) is 77.4 Å². The van der Waals surface area contributed by atoms with E-state index in [0.29, 0.717) is 22.8 Å². The highest BCUT2D eigenvalue weighted by atomic mass is 16.5. The van der Waals surface area contributed by atoms with Gasteiger partial charge in [0.05, 0.1) is 0 Å². The molecule has 2 aromatic heterocycles. The summed E-state index contributed by atoms with van der Waals surface area (Å²) in [5.74, 6) is 0.529. The van der Waals surface area contributed by atoms with Gasteiger partial charge in [-0.15, -0.1) is 0 Å². The van der Waals surface area contributed by atoms with Crippen molar-refractivity contribution < 1.29 is 9.32 Å². The molecule has 2 amide bonds. The number of anilines is 2. The highest BCUT2D eigenvalue weighted by Gasteiger charge is 2.17. The van der Waals surface area contributed by atoms with E-state index in [1.165, 1.54) is 0 Å². The fraction of sp³-hybridized carbons (Fsp3) is 0.0870. The van der Waals surface area contributed by atoms with Crippen molar-refractivity contribution in [1.82, 2.24) is 10.1 Å². The molecule has 29 heavy (non-hydrogen) atoms. The van der Waals surface area contributed by atoms with Crippen LogP contribution in [0.1, 0.15) is 11.4 Å². The van der Waals surface area contributed by atoms with Crippen molar-refractivity contribution in [2.24, 2.45) is 0 Å². The summed E-state index contributed by atoms with van der Waals surface area (Å²) in [5.41, 5.74) is 5.80. The van der Waals surface area contributed by atoms with Crippen LogP contribution in [0.5, 0.6) is 0 Å². The number of nitrogens with one attached hydrogen (secondary N) is 2. The predicted octanol–water partition coefficient (Wildman–Crippen LogP) is 5.66. The van der Waals surface area contributed by atoms with Gasteiger partial charge in [-0.2, -0.15) is 0 Å². The van der Waals surface area contributed by atoms with Crippen molar-refractivity contribution in [2.75, 3.05) is 10.6 Å². The second-order valence-corrected chi connectivity index (χ2v) is 6.68. The van der Waals surface area contributed by atoms with Gasteiger partial charge in [0.1, 0.15) is 11.4 Å². The van der Waals surface area contributed by atoms with Gasteiger partial charge in [-0.25, -0.2) is 4.79 Å². The Kier molecular flexibility index (Phi) is 5.07. The standard InChI is InChI=1S/C23H20N4O2/c1-15-14-19(12-13-24-15)17-8-10-20(11-9-17)25-23(28)26-21-16(2)27-29-22(21)18-6-4-3-5-7-18/h3-14H,1-2H3,(H2,25,26,28). The summed E-state index contributed by atoms with van der Waals surface area (Å²) >= 11 is 0. The fourth-order valence-corrected chi connectivity index (χ4v) is 3.05. The summed E-state index contributed by atoms with van der Waals surface area (Å²) in [4.78, 5) is 16.7. The van der Waals surface area contributed by atoms with Crippen LogP contribution in [-0.4, -0.2) is 16.2 Å². The zero-order valence-corrected chi connectivity index (χ0v) is 16.1. The van der Waals surface area contributed by atoms with E-state index in [-0.39, 0.29) is 6.03 Å². The number of aromatic nitrogens is 2. The minimum Gasteiger partial charge on any atom is -0.354 e. The summed E-state index contributed by atoms with van der Waals surface area (Å²) in [6.45, 7) is 3.75. The van der Waals surface area contributed by atoms with Crippen molar-refractivity contribution in [3.63, 3.8) is 0 Å². The SMILES string of the molecule is Cc1cc(-c2ccc(NC(=O)Nc3c(C)noc3-c3ccccc3)cc2)ccn1. The van der Waals surface area contributed by atoms with Gasteiger partial charge in [0.25, 0.3) is 0 Å². The smallest absolute Gasteiger partial charge is 0.323 e. The van der Waals surface area contributed by atoms with E-state index in [4.69, 9.17) is 4.52 Å². The first-order chi connectivity index (χ1) is 14.1. The van der Waals surface area contributed by atoms with Gasteiger partial charge in [0.15, 0.2) is 5.76 Å². The predicted molar refractivity (Wildman–Crippen MR) is 114 cm³/mol. The number of hydrogen-bond acceptors (Lipinski definition) is 4. The summed E-state index contributed by atoms with van der Waals surface area (Å²) in [6.07, 6.45) is 1.79. The Bertz CT molecular complexity index is 1140. The van der Waals surface area contributed by atoms with E-state index >= 15 is 0 Å². The van der Waals surface area contributed by atoms with Crippen LogP contribution in [0.3, 0.4) is 0 Å². The number of carbonyl (C=O) groups excluding carboxylic acids is 1. The van der Waals surface area contributed by atoms with E-state index in [1.54, 1.807) is 13.1 Å². The van der Waals surface area contributed by atoms with E-state index in [9.17, 15) is 4.79 Å². The van der Waals surface area contributed by atoms with Gasteiger partial charge in [0, 0.05) is 23.1 Å². The third kappa shape index (κ3) is 4.16. The number of carbonyl (C=O) groups is 1. The van der Waals surface area contributed by atoms with Gasteiger partial charge in [-0.3, -0.25) is 4.98 Å². The Balaban J connectivity index is 1.48. The average Bonchev–Trinajstić information content (AvgIpc) is 3.09. The summed E-state index contributed by atoms with van der Waals surface area (Å²) in [6, 6.07) is 20.8. The first-order valence-electron chi connectivity index (χ1n) is 9.23. The van der Waals surface area contributed by atoms with E-state index in [0.717, 1.165) is 22.4 Å². The second-order valence-electron chi connectivity index (χ2n) is 6.68. The molecule has 4 aromatic rings. The molecule has 0 saturated carbocycles. The molecule has 0 unspecified atom stereocenters. The minimum absolute atomic E-state index is 0.360. The highest BCUT2D eigenvalue weighted by Crippen LogP contribution is 2.30. The summed E-state index contributed by atoms with van der Waals surface area (Å²) in [7, 11) is 0. The lowest BCUT2D eigenvalue weighted by molar-refractivity contribution is 0.262. The Morgan fingerprint density at radius 2 is 1.62 bits per heavy atom. The van der Waals surface area contributed by atoms with Crippen LogP contribution in [0.4, 0.5) is 16.2 Å². The lowest BCUT2D eigenvalue weighted by Crippen LogP contribution is -2.20. The highest BCUT2D eigenvalue weighted by molar-refractivity contribution is 6.02. The second kappa shape index (κ2) is 7.98. The molecule has 0 saturated heterocycles. The van der Waals surface area contributed by atoms with E-state index in [2.05, 4.69) is 20.8 Å². The largest absolute Gasteiger partial charge is 0.354 e. The molecule has 0 spiro atoms. The summed E-state index contributed by atoms with van der Waals surface area (Å²) < 4.78 is 5.41. The quantitative estimate of drug-likeness (QED) is 0.475. The molecule has 0 radical (unpaired) electrons. The van der Waals surface area contributed by atoms with Crippen LogP contribution in [0.25, 0.3) is 22.5 Å². The molecule has 2 N–H and O–H groups in total. The van der Waals surface area contributed by atoms with Crippen molar-refractivity contribution in [1.29, 1.82) is 0 Å². The third-order valence-corrected chi connectivity index (χ3v) is 4.51. The molecule has 0 aliphatic heterocycles. The van der Waals surface area contributed by atoms with Crippen molar-refractivity contribution >= 4 is 17.4 Å². The molecule has 0 atom stereocenters. The van der Waals surface area contributed by atoms with Crippen molar-refractivity contribution in [3.8, 4) is 22.5 Å². The Morgan fingerprint density at radius 3 is 2.34 bits per heavy atom. The van der Waals surface area contributed by atoms with Crippen LogP contribution >= 0.6 is 0 Å². The van der Waals surface area contributed by atoms with Gasteiger partial charge in [-0.05, 0) is 49.2 Å². The minimum atomic E-state index is -0.360. The number of nitrogens with zero attached hydrogens (tertiary/aromatic N) is 2. The Morgan fingerprint density at radius 1 is 0.862 bits per heavy atom. The first kappa shape index (κ1) is 18.4. The molecule has 0 aliphatic carbocycles. The molecule has 6 heteroatoms. The zero-order chi connectivity index (χ0) is 20.2. The molecule has 0 fully saturated rings. The van der Waals surface area contributed by atoms with E-state index < -0.39 is 0 Å². The van der Waals surface area contributed by atoms with Crippen LogP contribution in [0.2, 0.25) is 0 Å². The van der Waals surface area contributed by atoms with Crippen LogP contribution < -0.4 is 10.6 Å². The molecule has 6 nitrogen and oxygen atoms in total. The van der Waals surface area contributed by atoms with Gasteiger partial charge in [-0.1, -0.05) is 47.6 Å². The average molecular weight is 384 g/mol. The van der Waals surface area contributed by atoms with Gasteiger partial charge in [0.2, 0.25) is 0 Å². The molecule has 0 aliphatic rings. The molecule has 2 aromatic carbocycles. The zero-order valence-electron chi connectivity index (χ0n) is 16.1. The van der Waals surface area contributed by atoms with Gasteiger partial charge < -0.3 is 15.2 Å². The van der Waals surface area contributed by atoms with Crippen LogP contribution in [0, 0.1) is 13.8 Å². The Labute approximate surface area is 168 Å². The molecule has 0 bridgehead atoms. The number of rotatable bonds is 4. The number of amides is 2. The number of urea groups is 1. The third-order valence-electron chi connectivity index (χ3n) is 4.51. The Hall–Kier alpha value is -3.93. The number of hydrogen-bond donors (Lipinski definition) is 2. The maximum atomic E-state index is 12.5. The van der Waals surface area contributed by atoms with Gasteiger partial charge >= 0.3 is 6.03 Å². The van der Waals surface area contributed by atoms with E-state index in [1.807, 2.05) is 73.7 Å². The van der Waals surface area contributed by atoms with Crippen LogP contribution in [-0.2, 0) is 0 Å². The van der Waals surface area contributed by atoms with Crippen molar-refractivity contribution in [3.05, 3.63) is 84.3 Å². The lowest BCUT2D eigenvalue weighted by atomic mass is 10.1. The fourth-order valence-electron chi connectivity index (χ4n) is 3.05. The lowest BCUT2D eigenvalue weighted by Gasteiger charge is -2.09. The topological polar surface area (TPSA) is 80.0 Å². The maximum Gasteiger partial charge on any atom is 0.323 e. The molecular formula is C23H20N4O2. The number of pyridine rings is 1. The maximum absolute atomic E-state index is 12.5. The number of benzene rings is 2. The molecule has 4 rings (SSSR count). The molecule has 2 heterocycles. The monoisotopic (exact) mass is 384 g/mol. The number of aryl methyl sites for hydroxylation is 2. The first-order valence-corrected chi connectivity index (χ1v) is 9.23. The van der Waals surface area contributed by atoms with Crippen molar-refractivity contribution in [2.45, 2.75) is 13.8 Å². The molecular weight excluding hydrogens is 364 g/mol. The summed E-state index contributed by atoms with van der Waals surface area (Å²) in [5, 5.41) is 9.67.